The lowest BCUT2D eigenvalue weighted by molar-refractivity contribution is -0.386. The van der Waals surface area contributed by atoms with Crippen LogP contribution in [0.5, 0.6) is 11.5 Å². The highest BCUT2D eigenvalue weighted by Gasteiger charge is 2.31. The Morgan fingerprint density at radius 1 is 1.40 bits per heavy atom. The molecule has 0 atom stereocenters. The van der Waals surface area contributed by atoms with Crippen LogP contribution in [0.25, 0.3) is 0 Å². The van der Waals surface area contributed by atoms with E-state index in [0.717, 1.165) is 31.7 Å². The number of nitrogens with zero attached hydrogens (tertiary/aromatic N) is 1. The topological polar surface area (TPSA) is 98.9 Å². The fraction of sp³-hybridized carbons (Fsp3) is 0.462. The monoisotopic (exact) mass is 281 g/mol. The van der Waals surface area contributed by atoms with E-state index in [2.05, 4.69) is 0 Å². The maximum Gasteiger partial charge on any atom is 0.342 e. The number of rotatable bonds is 5. The Balaban J connectivity index is 2.50. The SMILES string of the molecule is COc1ccc(C(=O)O)c([N+](=O)[O-])c1OC1CCCC1. The number of methoxy groups -OCH3 is 1. The normalized spacial score (nSPS) is 15.1. The molecule has 1 fully saturated rings. The van der Waals surface area contributed by atoms with Crippen LogP contribution in [-0.4, -0.2) is 29.2 Å². The number of nitro benzene ring substituents is 1. The van der Waals surface area contributed by atoms with Crippen LogP contribution in [0.2, 0.25) is 0 Å². The maximum absolute atomic E-state index is 11.2. The number of carboxylic acids is 1. The first kappa shape index (κ1) is 14.1. The maximum atomic E-state index is 11.2. The molecule has 0 spiro atoms. The van der Waals surface area contributed by atoms with Crippen LogP contribution < -0.4 is 9.47 Å². The Kier molecular flexibility index (Phi) is 4.07. The Hall–Kier alpha value is -2.31. The second-order valence-electron chi connectivity index (χ2n) is 4.58. The minimum Gasteiger partial charge on any atom is -0.493 e. The first-order chi connectivity index (χ1) is 9.54. The number of hydrogen-bond donors (Lipinski definition) is 1. The van der Waals surface area contributed by atoms with Gasteiger partial charge < -0.3 is 14.6 Å². The van der Waals surface area contributed by atoms with E-state index in [0.29, 0.717) is 0 Å². The van der Waals surface area contributed by atoms with Crippen LogP contribution in [0.3, 0.4) is 0 Å². The van der Waals surface area contributed by atoms with Gasteiger partial charge in [0.15, 0.2) is 5.75 Å². The number of hydrogen-bond acceptors (Lipinski definition) is 5. The molecule has 1 aliphatic carbocycles. The van der Waals surface area contributed by atoms with Gasteiger partial charge in [-0.3, -0.25) is 10.1 Å². The first-order valence-corrected chi connectivity index (χ1v) is 6.30. The summed E-state index contributed by atoms with van der Waals surface area (Å²) in [7, 11) is 1.36. The van der Waals surface area contributed by atoms with Crippen molar-refractivity contribution >= 4 is 11.7 Å². The summed E-state index contributed by atoms with van der Waals surface area (Å²) in [5.74, 6) is -1.28. The van der Waals surface area contributed by atoms with Gasteiger partial charge in [0.05, 0.1) is 18.1 Å². The van der Waals surface area contributed by atoms with E-state index < -0.39 is 22.1 Å². The number of ether oxygens (including phenoxy) is 2. The van der Waals surface area contributed by atoms with Crippen molar-refractivity contribution in [2.75, 3.05) is 7.11 Å². The third kappa shape index (κ3) is 2.66. The molecule has 2 rings (SSSR count). The standard InChI is InChI=1S/C13H15NO6/c1-19-10-7-6-9(13(15)16)11(14(17)18)12(10)20-8-4-2-3-5-8/h6-8H,2-5H2,1H3,(H,15,16). The third-order valence-electron chi connectivity index (χ3n) is 3.31. The molecule has 1 aromatic carbocycles. The van der Waals surface area contributed by atoms with Crippen LogP contribution in [0.15, 0.2) is 12.1 Å². The van der Waals surface area contributed by atoms with Gasteiger partial charge in [-0.2, -0.15) is 0 Å². The molecule has 0 saturated heterocycles. The van der Waals surface area contributed by atoms with Crippen molar-refractivity contribution in [2.45, 2.75) is 31.8 Å². The van der Waals surface area contributed by atoms with Crippen LogP contribution >= 0.6 is 0 Å². The van der Waals surface area contributed by atoms with Gasteiger partial charge in [-0.1, -0.05) is 0 Å². The summed E-state index contributed by atoms with van der Waals surface area (Å²) >= 11 is 0. The van der Waals surface area contributed by atoms with Crippen LogP contribution in [0.4, 0.5) is 5.69 Å². The van der Waals surface area contributed by atoms with Gasteiger partial charge >= 0.3 is 11.7 Å². The van der Waals surface area contributed by atoms with Crippen LogP contribution in [-0.2, 0) is 0 Å². The number of carbonyl (C=O) groups is 1. The van der Waals surface area contributed by atoms with Crippen LogP contribution in [0.1, 0.15) is 36.0 Å². The van der Waals surface area contributed by atoms with Gasteiger partial charge in [-0.05, 0) is 37.8 Å². The van der Waals surface area contributed by atoms with Crippen molar-refractivity contribution < 1.29 is 24.3 Å². The quantitative estimate of drug-likeness (QED) is 0.658. The largest absolute Gasteiger partial charge is 0.493 e. The Labute approximate surface area is 115 Å². The van der Waals surface area contributed by atoms with E-state index in [1.807, 2.05) is 0 Å². The molecule has 1 aromatic rings. The Morgan fingerprint density at radius 3 is 2.55 bits per heavy atom. The molecule has 0 aliphatic heterocycles. The van der Waals surface area contributed by atoms with Gasteiger partial charge in [0.1, 0.15) is 5.56 Å². The molecule has 0 amide bonds. The molecule has 0 unspecified atom stereocenters. The lowest BCUT2D eigenvalue weighted by atomic mass is 10.1. The summed E-state index contributed by atoms with van der Waals surface area (Å²) in [5.41, 5.74) is -0.951. The summed E-state index contributed by atoms with van der Waals surface area (Å²) in [5, 5.41) is 20.3. The zero-order valence-electron chi connectivity index (χ0n) is 11.0. The van der Waals surface area contributed by atoms with Crippen molar-refractivity contribution in [3.63, 3.8) is 0 Å². The van der Waals surface area contributed by atoms with E-state index >= 15 is 0 Å². The molecule has 108 valence electrons. The number of benzene rings is 1. The predicted octanol–water partition coefficient (Wildman–Crippen LogP) is 2.62. The van der Waals surface area contributed by atoms with Crippen molar-refractivity contribution in [1.82, 2.24) is 0 Å². The van der Waals surface area contributed by atoms with E-state index in [4.69, 9.17) is 14.6 Å². The summed E-state index contributed by atoms with van der Waals surface area (Å²) in [4.78, 5) is 21.6. The smallest absolute Gasteiger partial charge is 0.342 e. The third-order valence-corrected chi connectivity index (χ3v) is 3.31. The minimum absolute atomic E-state index is 0.0932. The summed E-state index contributed by atoms with van der Waals surface area (Å²) < 4.78 is 10.7. The van der Waals surface area contributed by atoms with E-state index in [1.54, 1.807) is 0 Å². The molecular weight excluding hydrogens is 266 g/mol. The first-order valence-electron chi connectivity index (χ1n) is 6.30. The molecule has 0 aromatic heterocycles. The lowest BCUT2D eigenvalue weighted by Crippen LogP contribution is -2.14. The fourth-order valence-electron chi connectivity index (χ4n) is 2.35. The molecule has 7 nitrogen and oxygen atoms in total. The molecule has 0 heterocycles. The van der Waals surface area contributed by atoms with Crippen molar-refractivity contribution in [1.29, 1.82) is 0 Å². The summed E-state index contributed by atoms with van der Waals surface area (Å²) in [6, 6.07) is 2.53. The van der Waals surface area contributed by atoms with Gasteiger partial charge in [0.2, 0.25) is 5.75 Å². The fourth-order valence-corrected chi connectivity index (χ4v) is 2.35. The molecule has 7 heteroatoms. The van der Waals surface area contributed by atoms with E-state index in [1.165, 1.54) is 13.2 Å². The Morgan fingerprint density at radius 2 is 2.05 bits per heavy atom. The van der Waals surface area contributed by atoms with Gasteiger partial charge in [-0.25, -0.2) is 4.79 Å². The zero-order valence-corrected chi connectivity index (χ0v) is 11.0. The van der Waals surface area contributed by atoms with Crippen LogP contribution in [0, 0.1) is 10.1 Å². The highest BCUT2D eigenvalue weighted by atomic mass is 16.6. The zero-order chi connectivity index (χ0) is 14.7. The van der Waals surface area contributed by atoms with Gasteiger partial charge in [-0.15, -0.1) is 0 Å². The Bertz CT molecular complexity index is 536. The van der Waals surface area contributed by atoms with E-state index in [9.17, 15) is 14.9 Å². The van der Waals surface area contributed by atoms with Crippen molar-refractivity contribution in [2.24, 2.45) is 0 Å². The van der Waals surface area contributed by atoms with Gasteiger partial charge in [0.25, 0.3) is 0 Å². The second-order valence-corrected chi connectivity index (χ2v) is 4.58. The molecule has 0 bridgehead atoms. The molecule has 0 radical (unpaired) electrons. The molecule has 1 saturated carbocycles. The lowest BCUT2D eigenvalue weighted by Gasteiger charge is -2.16. The predicted molar refractivity (Wildman–Crippen MR) is 69.5 cm³/mol. The van der Waals surface area contributed by atoms with Crippen molar-refractivity contribution in [3.05, 3.63) is 27.8 Å². The number of nitro groups is 1. The molecule has 1 aliphatic rings. The molecular formula is C13H15NO6. The average Bonchev–Trinajstić information content (AvgIpc) is 2.90. The molecule has 20 heavy (non-hydrogen) atoms. The highest BCUT2D eigenvalue weighted by molar-refractivity contribution is 5.94. The molecule has 1 N–H and O–H groups in total. The number of carboxylic acid groups (broad SMARTS) is 1. The average molecular weight is 281 g/mol. The summed E-state index contributed by atoms with van der Waals surface area (Å²) in [6.45, 7) is 0. The summed E-state index contributed by atoms with van der Waals surface area (Å²) in [6.07, 6.45) is 3.47. The van der Waals surface area contributed by atoms with E-state index in [-0.39, 0.29) is 17.6 Å². The second kappa shape index (κ2) is 5.77. The number of aromatic carboxylic acids is 1. The van der Waals surface area contributed by atoms with Crippen molar-refractivity contribution in [3.8, 4) is 11.5 Å². The van der Waals surface area contributed by atoms with Gasteiger partial charge in [0, 0.05) is 0 Å². The highest BCUT2D eigenvalue weighted by Crippen LogP contribution is 2.41. The minimum atomic E-state index is -1.37.